The largest absolute Gasteiger partial charge is 0.369 e. The van der Waals surface area contributed by atoms with Gasteiger partial charge in [0.1, 0.15) is 5.82 Å². The van der Waals surface area contributed by atoms with Gasteiger partial charge in [-0.3, -0.25) is 0 Å². The van der Waals surface area contributed by atoms with Crippen LogP contribution in [0.2, 0.25) is 0 Å². The smallest absolute Gasteiger partial charge is 0.134 e. The zero-order valence-corrected chi connectivity index (χ0v) is 9.60. The number of hydrogen-bond acceptors (Lipinski definition) is 3. The molecule has 1 aliphatic carbocycles. The molecule has 0 spiro atoms. The third kappa shape index (κ3) is 1.72. The van der Waals surface area contributed by atoms with Crippen LogP contribution in [0.15, 0.2) is 23.7 Å². The Morgan fingerprint density at radius 3 is 3.13 bits per heavy atom. The maximum absolute atomic E-state index is 4.41. The summed E-state index contributed by atoms with van der Waals surface area (Å²) >= 11 is 1.77. The van der Waals surface area contributed by atoms with Crippen LogP contribution in [-0.2, 0) is 0 Å². The first-order valence-electron chi connectivity index (χ1n) is 5.33. The van der Waals surface area contributed by atoms with Crippen molar-refractivity contribution in [2.45, 2.75) is 19.8 Å². The molecule has 0 saturated heterocycles. The molecule has 78 valence electrons. The molecule has 1 aliphatic rings. The van der Waals surface area contributed by atoms with Crippen molar-refractivity contribution >= 4 is 27.2 Å². The number of aromatic nitrogens is 1. The van der Waals surface area contributed by atoms with E-state index in [4.69, 9.17) is 0 Å². The van der Waals surface area contributed by atoms with E-state index in [1.165, 1.54) is 22.9 Å². The molecule has 0 bridgehead atoms. The van der Waals surface area contributed by atoms with Gasteiger partial charge < -0.3 is 5.32 Å². The summed E-state index contributed by atoms with van der Waals surface area (Å²) in [4.78, 5) is 4.41. The van der Waals surface area contributed by atoms with Gasteiger partial charge in [0, 0.05) is 22.8 Å². The van der Waals surface area contributed by atoms with Crippen LogP contribution in [0.1, 0.15) is 19.8 Å². The molecule has 2 aromatic heterocycles. The first kappa shape index (κ1) is 9.16. The van der Waals surface area contributed by atoms with Crippen molar-refractivity contribution in [3.63, 3.8) is 0 Å². The Morgan fingerprint density at radius 2 is 2.33 bits per heavy atom. The molecule has 2 heterocycles. The van der Waals surface area contributed by atoms with E-state index < -0.39 is 0 Å². The van der Waals surface area contributed by atoms with Crippen LogP contribution >= 0.6 is 11.3 Å². The predicted octanol–water partition coefficient (Wildman–Crippen LogP) is 3.51. The molecule has 2 aromatic rings. The average Bonchev–Trinajstić information content (AvgIpc) is 2.80. The van der Waals surface area contributed by atoms with Gasteiger partial charge in [0.2, 0.25) is 0 Å². The van der Waals surface area contributed by atoms with Crippen LogP contribution in [0.25, 0.3) is 10.1 Å². The molecule has 3 rings (SSSR count). The van der Waals surface area contributed by atoms with Crippen LogP contribution in [0.5, 0.6) is 0 Å². The first-order valence-corrected chi connectivity index (χ1v) is 6.21. The predicted molar refractivity (Wildman–Crippen MR) is 65.5 cm³/mol. The van der Waals surface area contributed by atoms with E-state index >= 15 is 0 Å². The second-order valence-electron chi connectivity index (χ2n) is 4.66. The van der Waals surface area contributed by atoms with E-state index in [0.717, 1.165) is 12.4 Å². The molecular formula is C12H14N2S. The van der Waals surface area contributed by atoms with Gasteiger partial charge >= 0.3 is 0 Å². The van der Waals surface area contributed by atoms with Gasteiger partial charge in [-0.15, -0.1) is 11.3 Å². The molecule has 1 N–H and O–H groups in total. The van der Waals surface area contributed by atoms with E-state index in [0.29, 0.717) is 5.41 Å². The zero-order chi connectivity index (χ0) is 10.3. The second kappa shape index (κ2) is 3.20. The number of nitrogens with one attached hydrogen (secondary N) is 1. The number of rotatable bonds is 3. The molecule has 1 fully saturated rings. The molecular weight excluding hydrogens is 204 g/mol. The van der Waals surface area contributed by atoms with Crippen molar-refractivity contribution in [2.75, 3.05) is 11.9 Å². The van der Waals surface area contributed by atoms with Gasteiger partial charge in [0.25, 0.3) is 0 Å². The number of nitrogens with zero attached hydrogens (tertiary/aromatic N) is 1. The highest BCUT2D eigenvalue weighted by Gasteiger charge is 2.36. The Kier molecular flexibility index (Phi) is 1.96. The van der Waals surface area contributed by atoms with E-state index in [1.54, 1.807) is 11.3 Å². The lowest BCUT2D eigenvalue weighted by atomic mass is 10.1. The molecule has 0 unspecified atom stereocenters. The summed E-state index contributed by atoms with van der Waals surface area (Å²) in [6.07, 6.45) is 4.58. The fourth-order valence-electron chi connectivity index (χ4n) is 1.72. The summed E-state index contributed by atoms with van der Waals surface area (Å²) in [6.45, 7) is 3.38. The quantitative estimate of drug-likeness (QED) is 0.852. The minimum atomic E-state index is 0.528. The average molecular weight is 218 g/mol. The minimum absolute atomic E-state index is 0.528. The fourth-order valence-corrected chi connectivity index (χ4v) is 2.50. The Bertz CT molecular complexity index is 485. The number of anilines is 1. The van der Waals surface area contributed by atoms with Crippen molar-refractivity contribution in [2.24, 2.45) is 5.41 Å². The zero-order valence-electron chi connectivity index (χ0n) is 8.79. The van der Waals surface area contributed by atoms with Gasteiger partial charge in [-0.2, -0.15) is 0 Å². The Morgan fingerprint density at radius 1 is 1.47 bits per heavy atom. The normalized spacial score (nSPS) is 17.9. The molecule has 0 radical (unpaired) electrons. The van der Waals surface area contributed by atoms with Crippen LogP contribution in [0.3, 0.4) is 0 Å². The highest BCUT2D eigenvalue weighted by atomic mass is 32.1. The molecule has 0 amide bonds. The van der Waals surface area contributed by atoms with E-state index in [-0.39, 0.29) is 0 Å². The molecule has 0 aliphatic heterocycles. The lowest BCUT2D eigenvalue weighted by Gasteiger charge is -2.11. The van der Waals surface area contributed by atoms with E-state index in [2.05, 4.69) is 34.7 Å². The molecule has 2 nitrogen and oxygen atoms in total. The van der Waals surface area contributed by atoms with Gasteiger partial charge in [-0.05, 0) is 35.8 Å². The second-order valence-corrected chi connectivity index (χ2v) is 5.60. The highest BCUT2D eigenvalue weighted by molar-refractivity contribution is 7.17. The number of pyridine rings is 1. The summed E-state index contributed by atoms with van der Waals surface area (Å²) in [7, 11) is 0. The maximum atomic E-state index is 4.41. The minimum Gasteiger partial charge on any atom is -0.369 e. The Labute approximate surface area is 93.3 Å². The highest BCUT2D eigenvalue weighted by Crippen LogP contribution is 2.44. The third-order valence-electron chi connectivity index (χ3n) is 3.17. The fraction of sp³-hybridized carbons (Fsp3) is 0.417. The number of hydrogen-bond donors (Lipinski definition) is 1. The lowest BCUT2D eigenvalue weighted by Crippen LogP contribution is -2.12. The Balaban J connectivity index is 1.86. The molecule has 1 saturated carbocycles. The molecule has 0 atom stereocenters. The first-order chi connectivity index (χ1) is 7.27. The van der Waals surface area contributed by atoms with E-state index in [9.17, 15) is 0 Å². The van der Waals surface area contributed by atoms with Crippen molar-refractivity contribution in [3.05, 3.63) is 23.7 Å². The van der Waals surface area contributed by atoms with E-state index in [1.807, 2.05) is 6.20 Å². The van der Waals surface area contributed by atoms with Gasteiger partial charge in [0.15, 0.2) is 0 Å². The van der Waals surface area contributed by atoms with Crippen molar-refractivity contribution < 1.29 is 0 Å². The van der Waals surface area contributed by atoms with Crippen molar-refractivity contribution in [1.82, 2.24) is 4.98 Å². The van der Waals surface area contributed by atoms with Crippen LogP contribution in [0.4, 0.5) is 5.82 Å². The van der Waals surface area contributed by atoms with Crippen LogP contribution in [-0.4, -0.2) is 11.5 Å². The monoisotopic (exact) mass is 218 g/mol. The van der Waals surface area contributed by atoms with Crippen molar-refractivity contribution in [3.8, 4) is 0 Å². The summed E-state index contributed by atoms with van der Waals surface area (Å²) in [5.74, 6) is 1.04. The van der Waals surface area contributed by atoms with Crippen molar-refractivity contribution in [1.29, 1.82) is 0 Å². The van der Waals surface area contributed by atoms with Gasteiger partial charge in [-0.25, -0.2) is 4.98 Å². The summed E-state index contributed by atoms with van der Waals surface area (Å²) in [6, 6.07) is 4.22. The molecule has 0 aromatic carbocycles. The maximum Gasteiger partial charge on any atom is 0.134 e. The van der Waals surface area contributed by atoms with Gasteiger partial charge in [-0.1, -0.05) is 6.92 Å². The molecule has 3 heteroatoms. The standard InChI is InChI=1S/C12H14N2S/c1-12(4-5-12)8-14-11-9-3-7-15-10(9)2-6-13-11/h2-3,6-7H,4-5,8H2,1H3,(H,13,14). The Hall–Kier alpha value is -1.09. The topological polar surface area (TPSA) is 24.9 Å². The molecule has 15 heavy (non-hydrogen) atoms. The van der Waals surface area contributed by atoms with Crippen LogP contribution in [0, 0.1) is 5.41 Å². The summed E-state index contributed by atoms with van der Waals surface area (Å²) in [5, 5.41) is 6.85. The lowest BCUT2D eigenvalue weighted by molar-refractivity contribution is 0.610. The van der Waals surface area contributed by atoms with Gasteiger partial charge in [0.05, 0.1) is 0 Å². The number of fused-ring (bicyclic) bond motifs is 1. The third-order valence-corrected chi connectivity index (χ3v) is 4.05. The van der Waals surface area contributed by atoms with Crippen LogP contribution < -0.4 is 5.32 Å². The number of thiophene rings is 1. The summed E-state index contributed by atoms with van der Waals surface area (Å²) < 4.78 is 1.31. The summed E-state index contributed by atoms with van der Waals surface area (Å²) in [5.41, 5.74) is 0.528. The SMILES string of the molecule is CC1(CNc2nccc3sccc23)CC1.